The quantitative estimate of drug-likeness (QED) is 0.795. The molecule has 0 saturated carbocycles. The number of nitrogens with zero attached hydrogens (tertiary/aromatic N) is 2. The van der Waals surface area contributed by atoms with E-state index in [4.69, 9.17) is 5.73 Å². The lowest BCUT2D eigenvalue weighted by molar-refractivity contribution is 0.756. The number of nitrogens with two attached hydrogens (primary N) is 1. The van der Waals surface area contributed by atoms with Gasteiger partial charge in [0.1, 0.15) is 0 Å². The van der Waals surface area contributed by atoms with Gasteiger partial charge in [-0.2, -0.15) is 5.10 Å². The van der Waals surface area contributed by atoms with Crippen molar-refractivity contribution < 1.29 is 0 Å². The Morgan fingerprint density at radius 2 is 2.12 bits per heavy atom. The zero-order valence-electron chi connectivity index (χ0n) is 10.5. The molecule has 0 aliphatic carbocycles. The van der Waals surface area contributed by atoms with E-state index in [2.05, 4.69) is 16.5 Å². The standard InChI is InChI=1S/C13H18N4/c1-9-6-12(4-5-13(9)14)15-7-11-8-17(3)16-10(11)2/h4-6,8,15H,7,14H2,1-3H3. The highest BCUT2D eigenvalue weighted by Gasteiger charge is 2.03. The summed E-state index contributed by atoms with van der Waals surface area (Å²) in [6.45, 7) is 4.81. The van der Waals surface area contributed by atoms with Gasteiger partial charge in [-0.3, -0.25) is 4.68 Å². The minimum absolute atomic E-state index is 0.781. The van der Waals surface area contributed by atoms with Gasteiger partial charge in [0.15, 0.2) is 0 Å². The van der Waals surface area contributed by atoms with Crippen LogP contribution < -0.4 is 11.1 Å². The Bertz CT molecular complexity index is 528. The van der Waals surface area contributed by atoms with Crippen molar-refractivity contribution in [1.29, 1.82) is 0 Å². The SMILES string of the molecule is Cc1cc(NCc2cn(C)nc2C)ccc1N. The van der Waals surface area contributed by atoms with Crippen LogP contribution in [0.15, 0.2) is 24.4 Å². The molecule has 2 rings (SSSR count). The fourth-order valence-electron chi connectivity index (χ4n) is 1.81. The second-order valence-corrected chi connectivity index (χ2v) is 4.34. The van der Waals surface area contributed by atoms with Crippen LogP contribution in [0.2, 0.25) is 0 Å². The Hall–Kier alpha value is -1.97. The van der Waals surface area contributed by atoms with Crippen LogP contribution in [0.4, 0.5) is 11.4 Å². The second-order valence-electron chi connectivity index (χ2n) is 4.34. The summed E-state index contributed by atoms with van der Waals surface area (Å²) in [4.78, 5) is 0. The van der Waals surface area contributed by atoms with Crippen LogP contribution in [0.3, 0.4) is 0 Å². The highest BCUT2D eigenvalue weighted by Crippen LogP contribution is 2.17. The summed E-state index contributed by atoms with van der Waals surface area (Å²) in [5.74, 6) is 0. The van der Waals surface area contributed by atoms with Crippen molar-refractivity contribution in [2.75, 3.05) is 11.1 Å². The molecule has 0 atom stereocenters. The molecule has 90 valence electrons. The summed E-state index contributed by atoms with van der Waals surface area (Å²) < 4.78 is 1.83. The third kappa shape index (κ3) is 2.58. The Balaban J connectivity index is 2.07. The monoisotopic (exact) mass is 230 g/mol. The van der Waals surface area contributed by atoms with E-state index in [1.807, 2.05) is 43.9 Å². The Morgan fingerprint density at radius 3 is 2.71 bits per heavy atom. The van der Waals surface area contributed by atoms with E-state index in [9.17, 15) is 0 Å². The summed E-state index contributed by atoms with van der Waals surface area (Å²) in [6, 6.07) is 5.98. The topological polar surface area (TPSA) is 55.9 Å². The van der Waals surface area contributed by atoms with Crippen molar-refractivity contribution in [3.8, 4) is 0 Å². The van der Waals surface area contributed by atoms with Crippen molar-refractivity contribution in [3.05, 3.63) is 41.2 Å². The number of nitrogen functional groups attached to an aromatic ring is 1. The first-order valence-electron chi connectivity index (χ1n) is 5.65. The average Bonchev–Trinajstić information content (AvgIpc) is 2.59. The first kappa shape index (κ1) is 11.5. The minimum atomic E-state index is 0.781. The molecule has 0 spiro atoms. The zero-order chi connectivity index (χ0) is 12.4. The maximum atomic E-state index is 5.78. The van der Waals surface area contributed by atoms with E-state index in [0.29, 0.717) is 0 Å². The number of hydrogen-bond donors (Lipinski definition) is 2. The van der Waals surface area contributed by atoms with Crippen molar-refractivity contribution >= 4 is 11.4 Å². The molecule has 2 aromatic rings. The maximum Gasteiger partial charge on any atom is 0.0643 e. The van der Waals surface area contributed by atoms with Crippen LogP contribution in [0.1, 0.15) is 16.8 Å². The minimum Gasteiger partial charge on any atom is -0.399 e. The van der Waals surface area contributed by atoms with Crippen molar-refractivity contribution in [3.63, 3.8) is 0 Å². The van der Waals surface area contributed by atoms with Crippen molar-refractivity contribution in [1.82, 2.24) is 9.78 Å². The van der Waals surface area contributed by atoms with E-state index in [-0.39, 0.29) is 0 Å². The summed E-state index contributed by atoms with van der Waals surface area (Å²) >= 11 is 0. The molecule has 17 heavy (non-hydrogen) atoms. The van der Waals surface area contributed by atoms with Crippen LogP contribution in [-0.2, 0) is 13.6 Å². The molecule has 1 heterocycles. The highest BCUT2D eigenvalue weighted by atomic mass is 15.2. The van der Waals surface area contributed by atoms with E-state index in [1.54, 1.807) is 0 Å². The predicted octanol–water partition coefficient (Wildman–Crippen LogP) is 2.23. The number of benzene rings is 1. The molecule has 4 heteroatoms. The Morgan fingerprint density at radius 1 is 1.35 bits per heavy atom. The van der Waals surface area contributed by atoms with E-state index in [1.165, 1.54) is 5.56 Å². The lowest BCUT2D eigenvalue weighted by Crippen LogP contribution is -2.00. The second kappa shape index (κ2) is 4.49. The van der Waals surface area contributed by atoms with Crippen LogP contribution >= 0.6 is 0 Å². The van der Waals surface area contributed by atoms with Gasteiger partial charge in [0.05, 0.1) is 5.69 Å². The van der Waals surface area contributed by atoms with Gasteiger partial charge in [0, 0.05) is 36.7 Å². The van der Waals surface area contributed by atoms with Crippen LogP contribution in [0.5, 0.6) is 0 Å². The number of hydrogen-bond acceptors (Lipinski definition) is 3. The van der Waals surface area contributed by atoms with Gasteiger partial charge in [-0.1, -0.05) is 0 Å². The van der Waals surface area contributed by atoms with Gasteiger partial charge in [-0.25, -0.2) is 0 Å². The van der Waals surface area contributed by atoms with Gasteiger partial charge in [-0.15, -0.1) is 0 Å². The van der Waals surface area contributed by atoms with Crippen molar-refractivity contribution in [2.45, 2.75) is 20.4 Å². The molecule has 0 unspecified atom stereocenters. The molecule has 4 nitrogen and oxygen atoms in total. The molecule has 0 bridgehead atoms. The van der Waals surface area contributed by atoms with Crippen LogP contribution in [0, 0.1) is 13.8 Å². The van der Waals surface area contributed by atoms with E-state index < -0.39 is 0 Å². The Kier molecular flexibility index (Phi) is 3.04. The van der Waals surface area contributed by atoms with Gasteiger partial charge in [0.2, 0.25) is 0 Å². The lowest BCUT2D eigenvalue weighted by Gasteiger charge is -2.07. The molecule has 0 radical (unpaired) electrons. The van der Waals surface area contributed by atoms with Gasteiger partial charge >= 0.3 is 0 Å². The van der Waals surface area contributed by atoms with Crippen molar-refractivity contribution in [2.24, 2.45) is 7.05 Å². The van der Waals surface area contributed by atoms with Gasteiger partial charge < -0.3 is 11.1 Å². The van der Waals surface area contributed by atoms with Gasteiger partial charge in [-0.05, 0) is 37.6 Å². The normalized spacial score (nSPS) is 10.5. The third-order valence-corrected chi connectivity index (χ3v) is 2.87. The maximum absolute atomic E-state index is 5.78. The van der Waals surface area contributed by atoms with Crippen LogP contribution in [0.25, 0.3) is 0 Å². The van der Waals surface area contributed by atoms with Crippen LogP contribution in [-0.4, -0.2) is 9.78 Å². The number of nitrogens with one attached hydrogen (secondary N) is 1. The predicted molar refractivity (Wildman–Crippen MR) is 70.9 cm³/mol. The highest BCUT2D eigenvalue weighted by molar-refractivity contribution is 5.56. The molecule has 0 amide bonds. The third-order valence-electron chi connectivity index (χ3n) is 2.87. The number of aryl methyl sites for hydroxylation is 3. The Labute approximate surface area is 101 Å². The molecular formula is C13H18N4. The van der Waals surface area contributed by atoms with Gasteiger partial charge in [0.25, 0.3) is 0 Å². The average molecular weight is 230 g/mol. The molecule has 0 aliphatic rings. The fourth-order valence-corrected chi connectivity index (χ4v) is 1.81. The smallest absolute Gasteiger partial charge is 0.0643 e. The number of rotatable bonds is 3. The summed E-state index contributed by atoms with van der Waals surface area (Å²) in [5, 5.41) is 7.69. The largest absolute Gasteiger partial charge is 0.399 e. The van der Waals surface area contributed by atoms with E-state index >= 15 is 0 Å². The number of anilines is 2. The van der Waals surface area contributed by atoms with E-state index in [0.717, 1.165) is 29.2 Å². The molecule has 1 aromatic heterocycles. The molecular weight excluding hydrogens is 212 g/mol. The fraction of sp³-hybridized carbons (Fsp3) is 0.308. The molecule has 1 aromatic carbocycles. The summed E-state index contributed by atoms with van der Waals surface area (Å²) in [7, 11) is 1.93. The summed E-state index contributed by atoms with van der Waals surface area (Å²) in [5.41, 5.74) is 11.1. The number of aromatic nitrogens is 2. The molecule has 0 saturated heterocycles. The molecule has 3 N–H and O–H groups in total. The first-order chi connectivity index (χ1) is 8.06. The molecule has 0 fully saturated rings. The lowest BCUT2D eigenvalue weighted by atomic mass is 10.2. The zero-order valence-corrected chi connectivity index (χ0v) is 10.5. The first-order valence-corrected chi connectivity index (χ1v) is 5.65. The molecule has 0 aliphatic heterocycles. The summed E-state index contributed by atoms with van der Waals surface area (Å²) in [6.07, 6.45) is 2.03.